The number of rotatable bonds is 3. The van der Waals surface area contributed by atoms with Crippen LogP contribution in [0.3, 0.4) is 0 Å². The van der Waals surface area contributed by atoms with Crippen molar-refractivity contribution in [3.05, 3.63) is 340 Å². The van der Waals surface area contributed by atoms with Gasteiger partial charge in [-0.15, -0.1) is 0 Å². The first-order chi connectivity index (χ1) is 38.7. The van der Waals surface area contributed by atoms with E-state index in [1.54, 1.807) is 0 Å². The molecule has 0 bridgehead atoms. The highest BCUT2D eigenvalue weighted by Crippen LogP contribution is 2.68. The summed E-state index contributed by atoms with van der Waals surface area (Å²) in [6.07, 6.45) is 0. The molecule has 0 N–H and O–H groups in total. The molecule has 362 valence electrons. The highest BCUT2D eigenvalue weighted by molar-refractivity contribution is 7.99. The SMILES string of the molecule is c1ccc2c(c1)Oc1ccccc1C21c2ccccc2-c2cc(N(c3ccc4c(c3)-c3ccccc3C43c4ccccc4Sc4ccccc43)c3cccc4c3-c3ccccc3C43c4ccccc4-c4ccccc43)ccc21. The predicted molar refractivity (Wildman–Crippen MR) is 316 cm³/mol. The Morgan fingerprint density at radius 2 is 0.590 bits per heavy atom. The maximum atomic E-state index is 6.76. The molecule has 0 saturated carbocycles. The summed E-state index contributed by atoms with van der Waals surface area (Å²) in [5, 5.41) is 0. The van der Waals surface area contributed by atoms with Crippen molar-refractivity contribution in [3.63, 3.8) is 0 Å². The molecule has 18 rings (SSSR count). The van der Waals surface area contributed by atoms with Crippen LogP contribution in [0, 0.1) is 0 Å². The molecule has 0 amide bonds. The van der Waals surface area contributed by atoms with Crippen molar-refractivity contribution in [2.45, 2.75) is 26.0 Å². The molecule has 12 aromatic rings. The van der Waals surface area contributed by atoms with Crippen LogP contribution >= 0.6 is 11.8 Å². The van der Waals surface area contributed by atoms with E-state index in [9.17, 15) is 0 Å². The summed E-state index contributed by atoms with van der Waals surface area (Å²) >= 11 is 1.89. The Kier molecular flexibility index (Phi) is 8.43. The molecule has 0 saturated heterocycles. The summed E-state index contributed by atoms with van der Waals surface area (Å²) in [6, 6.07) is 103. The fraction of sp³-hybridized carbons (Fsp3) is 0.0400. The van der Waals surface area contributed by atoms with Crippen molar-refractivity contribution >= 4 is 28.8 Å². The summed E-state index contributed by atoms with van der Waals surface area (Å²) < 4.78 is 6.76. The topological polar surface area (TPSA) is 12.5 Å². The van der Waals surface area contributed by atoms with Gasteiger partial charge in [-0.3, -0.25) is 0 Å². The molecule has 0 atom stereocenters. The number of fused-ring (bicyclic) bond motifs is 28. The van der Waals surface area contributed by atoms with E-state index >= 15 is 0 Å². The maximum Gasteiger partial charge on any atom is 0.132 e. The van der Waals surface area contributed by atoms with Gasteiger partial charge in [0, 0.05) is 37.9 Å². The molecule has 0 aromatic heterocycles. The van der Waals surface area contributed by atoms with Gasteiger partial charge in [-0.2, -0.15) is 0 Å². The second-order valence-electron chi connectivity index (χ2n) is 21.7. The summed E-state index contributed by atoms with van der Waals surface area (Å²) in [5.41, 5.74) is 27.4. The van der Waals surface area contributed by atoms with Gasteiger partial charge in [-0.05, 0) is 149 Å². The molecule has 3 spiro atoms. The molecule has 6 aliphatic rings. The zero-order valence-electron chi connectivity index (χ0n) is 42.2. The van der Waals surface area contributed by atoms with E-state index in [0.717, 1.165) is 39.7 Å². The highest BCUT2D eigenvalue weighted by atomic mass is 32.2. The Hall–Kier alpha value is -9.41. The van der Waals surface area contributed by atoms with Crippen LogP contribution in [0.5, 0.6) is 11.5 Å². The van der Waals surface area contributed by atoms with Gasteiger partial charge < -0.3 is 9.64 Å². The number of nitrogens with zero attached hydrogens (tertiary/aromatic N) is 1. The number of ether oxygens (including phenoxy) is 1. The summed E-state index contributed by atoms with van der Waals surface area (Å²) in [6.45, 7) is 0. The number of hydrogen-bond donors (Lipinski definition) is 0. The van der Waals surface area contributed by atoms with Crippen LogP contribution < -0.4 is 9.64 Å². The Bertz CT molecular complexity index is 4290. The smallest absolute Gasteiger partial charge is 0.132 e. The van der Waals surface area contributed by atoms with Crippen LogP contribution in [0.4, 0.5) is 17.1 Å². The van der Waals surface area contributed by atoms with Crippen LogP contribution in [0.2, 0.25) is 0 Å². The van der Waals surface area contributed by atoms with Gasteiger partial charge in [-0.25, -0.2) is 0 Å². The number of benzene rings is 12. The largest absolute Gasteiger partial charge is 0.457 e. The number of anilines is 3. The lowest BCUT2D eigenvalue weighted by Gasteiger charge is -2.40. The molecule has 12 aromatic carbocycles. The van der Waals surface area contributed by atoms with Gasteiger partial charge in [0.2, 0.25) is 0 Å². The third-order valence-electron chi connectivity index (χ3n) is 18.4. The van der Waals surface area contributed by atoms with Crippen LogP contribution in [-0.4, -0.2) is 0 Å². The average molecular weight is 1010 g/mol. The summed E-state index contributed by atoms with van der Waals surface area (Å²) in [7, 11) is 0. The Morgan fingerprint density at radius 1 is 0.256 bits per heavy atom. The monoisotopic (exact) mass is 1010 g/mol. The minimum absolute atomic E-state index is 0.488. The molecule has 0 radical (unpaired) electrons. The van der Waals surface area contributed by atoms with Crippen LogP contribution in [0.25, 0.3) is 44.5 Å². The number of hydrogen-bond acceptors (Lipinski definition) is 3. The Balaban J connectivity index is 0.933. The lowest BCUT2D eigenvalue weighted by Crippen LogP contribution is -2.32. The highest BCUT2D eigenvalue weighted by Gasteiger charge is 2.55. The zero-order valence-corrected chi connectivity index (χ0v) is 43.1. The van der Waals surface area contributed by atoms with E-state index in [4.69, 9.17) is 4.74 Å². The van der Waals surface area contributed by atoms with Crippen molar-refractivity contribution in [1.82, 2.24) is 0 Å². The molecule has 3 heteroatoms. The molecule has 0 fully saturated rings. The molecule has 2 nitrogen and oxygen atoms in total. The lowest BCUT2D eigenvalue weighted by molar-refractivity contribution is 0.436. The number of para-hydroxylation sites is 2. The van der Waals surface area contributed by atoms with E-state index in [1.165, 1.54) is 110 Å². The minimum Gasteiger partial charge on any atom is -0.457 e. The first kappa shape index (κ1) is 42.8. The molecule has 2 aliphatic heterocycles. The molecule has 2 heterocycles. The fourth-order valence-electron chi connectivity index (χ4n) is 15.7. The van der Waals surface area contributed by atoms with Crippen molar-refractivity contribution in [2.24, 2.45) is 0 Å². The van der Waals surface area contributed by atoms with E-state index in [-0.39, 0.29) is 0 Å². The Morgan fingerprint density at radius 3 is 1.08 bits per heavy atom. The maximum absolute atomic E-state index is 6.76. The zero-order chi connectivity index (χ0) is 50.9. The van der Waals surface area contributed by atoms with Gasteiger partial charge >= 0.3 is 0 Å². The van der Waals surface area contributed by atoms with Crippen LogP contribution in [0.1, 0.15) is 66.8 Å². The second kappa shape index (κ2) is 15.4. The predicted octanol–water partition coefficient (Wildman–Crippen LogP) is 18.8. The van der Waals surface area contributed by atoms with E-state index in [2.05, 4.69) is 278 Å². The van der Waals surface area contributed by atoms with Gasteiger partial charge in [0.1, 0.15) is 11.5 Å². The first-order valence-corrected chi connectivity index (χ1v) is 28.0. The molecular formula is C75H45NOS. The van der Waals surface area contributed by atoms with Crippen molar-refractivity contribution in [1.29, 1.82) is 0 Å². The van der Waals surface area contributed by atoms with Crippen molar-refractivity contribution < 1.29 is 4.74 Å². The van der Waals surface area contributed by atoms with Gasteiger partial charge in [0.05, 0.1) is 21.9 Å². The van der Waals surface area contributed by atoms with Crippen LogP contribution in [-0.2, 0) is 16.2 Å². The normalized spacial score (nSPS) is 15.3. The minimum atomic E-state index is -0.584. The van der Waals surface area contributed by atoms with Gasteiger partial charge in [-0.1, -0.05) is 230 Å². The lowest BCUT2D eigenvalue weighted by atomic mass is 9.66. The van der Waals surface area contributed by atoms with Crippen molar-refractivity contribution in [3.8, 4) is 56.0 Å². The fourth-order valence-corrected chi connectivity index (χ4v) is 16.9. The third kappa shape index (κ3) is 5.07. The quantitative estimate of drug-likeness (QED) is 0.175. The first-order valence-electron chi connectivity index (χ1n) is 27.2. The van der Waals surface area contributed by atoms with Gasteiger partial charge in [0.15, 0.2) is 0 Å². The third-order valence-corrected chi connectivity index (χ3v) is 19.6. The molecule has 4 aliphatic carbocycles. The van der Waals surface area contributed by atoms with E-state index in [0.29, 0.717) is 0 Å². The molecule has 78 heavy (non-hydrogen) atoms. The van der Waals surface area contributed by atoms with Crippen molar-refractivity contribution in [2.75, 3.05) is 4.90 Å². The summed E-state index contributed by atoms with van der Waals surface area (Å²) in [4.78, 5) is 5.20. The Labute approximate surface area is 457 Å². The van der Waals surface area contributed by atoms with Gasteiger partial charge in [0.25, 0.3) is 0 Å². The standard InChI is InChI=1S/C75H45NOS/c1-6-25-55-48(20-1)49-21-2-7-26-56(49)73(55)59-29-10-5-24-52(59)72-66(73)34-19-35-67(72)76(46-40-42-60-53(44-46)50-22-3-8-27-57(50)74(60)62-30-11-15-36-68(62)77-69-37-16-12-31-63(69)74)47-41-43-61-54(45-47)51-23-4-9-28-58(51)75(61)64-32-13-17-38-70(64)78-71-39-18-14-33-65(71)75/h1-45H. The van der Waals surface area contributed by atoms with E-state index < -0.39 is 16.2 Å². The molecule has 0 unspecified atom stereocenters. The van der Waals surface area contributed by atoms with E-state index in [1.807, 2.05) is 11.8 Å². The second-order valence-corrected chi connectivity index (χ2v) is 22.7. The summed E-state index contributed by atoms with van der Waals surface area (Å²) in [5.74, 6) is 1.79. The molecular weight excluding hydrogens is 963 g/mol. The average Bonchev–Trinajstić information content (AvgIpc) is 3.49. The van der Waals surface area contributed by atoms with Crippen LogP contribution in [0.15, 0.2) is 283 Å².